The first-order valence-corrected chi connectivity index (χ1v) is 7.07. The van der Waals surface area contributed by atoms with Crippen LogP contribution in [0, 0.1) is 6.92 Å². The molecule has 1 N–H and O–H groups in total. The van der Waals surface area contributed by atoms with Gasteiger partial charge in [-0.2, -0.15) is 0 Å². The molecule has 1 fully saturated rings. The Morgan fingerprint density at radius 2 is 2.00 bits per heavy atom. The van der Waals surface area contributed by atoms with Gasteiger partial charge in [-0.15, -0.1) is 0 Å². The second kappa shape index (κ2) is 5.31. The molecule has 2 aliphatic heterocycles. The van der Waals surface area contributed by atoms with Crippen molar-refractivity contribution in [3.05, 3.63) is 29.3 Å². The fraction of sp³-hybridized carbons (Fsp3) is 0.533. The molecule has 0 bridgehead atoms. The van der Waals surface area contributed by atoms with Crippen LogP contribution in [-0.2, 0) is 11.2 Å². The predicted molar refractivity (Wildman–Crippen MR) is 76.5 cm³/mol. The Kier molecular flexibility index (Phi) is 3.53. The Bertz CT molecular complexity index is 480. The van der Waals surface area contributed by atoms with Gasteiger partial charge in [-0.1, -0.05) is 17.7 Å². The maximum absolute atomic E-state index is 12.1. The first-order valence-electron chi connectivity index (χ1n) is 7.07. The number of amides is 1. The number of hydrogen-bond donors (Lipinski definition) is 1. The summed E-state index contributed by atoms with van der Waals surface area (Å²) in [6.07, 6.45) is 0.568. The van der Waals surface area contributed by atoms with Gasteiger partial charge in [0.25, 0.3) is 0 Å². The highest BCUT2D eigenvalue weighted by Crippen LogP contribution is 2.29. The number of anilines is 1. The van der Waals surface area contributed by atoms with Crippen LogP contribution in [0.3, 0.4) is 0 Å². The van der Waals surface area contributed by atoms with Crippen molar-refractivity contribution in [2.45, 2.75) is 13.3 Å². The maximum Gasteiger partial charge on any atom is 0.231 e. The molecule has 2 aliphatic rings. The van der Waals surface area contributed by atoms with Gasteiger partial charge in [-0.3, -0.25) is 9.69 Å². The normalized spacial score (nSPS) is 19.8. The number of aryl methyl sites for hydroxylation is 1. The first kappa shape index (κ1) is 12.6. The summed E-state index contributed by atoms with van der Waals surface area (Å²) in [5, 5.41) is 3.35. The fourth-order valence-electron chi connectivity index (χ4n) is 2.93. The molecule has 102 valence electrons. The van der Waals surface area contributed by atoms with Crippen LogP contribution in [0.4, 0.5) is 5.69 Å². The van der Waals surface area contributed by atoms with Crippen LogP contribution < -0.4 is 10.2 Å². The minimum absolute atomic E-state index is 0.246. The number of piperazine rings is 1. The zero-order valence-corrected chi connectivity index (χ0v) is 11.5. The number of rotatable bonds is 3. The third-order valence-electron chi connectivity index (χ3n) is 4.02. The van der Waals surface area contributed by atoms with E-state index in [2.05, 4.69) is 35.3 Å². The largest absolute Gasteiger partial charge is 0.314 e. The smallest absolute Gasteiger partial charge is 0.231 e. The lowest BCUT2D eigenvalue weighted by Crippen LogP contribution is -2.46. The molecule has 4 nitrogen and oxygen atoms in total. The van der Waals surface area contributed by atoms with Crippen molar-refractivity contribution in [1.82, 2.24) is 10.2 Å². The second-order valence-corrected chi connectivity index (χ2v) is 5.45. The van der Waals surface area contributed by atoms with Crippen molar-refractivity contribution < 1.29 is 4.79 Å². The molecule has 0 aromatic heterocycles. The molecule has 0 aliphatic carbocycles. The summed E-state index contributed by atoms with van der Waals surface area (Å²) in [7, 11) is 0. The van der Waals surface area contributed by atoms with E-state index in [1.807, 2.05) is 4.90 Å². The van der Waals surface area contributed by atoms with Gasteiger partial charge in [0.1, 0.15) is 0 Å². The van der Waals surface area contributed by atoms with E-state index in [-0.39, 0.29) is 5.91 Å². The van der Waals surface area contributed by atoms with Gasteiger partial charge in [-0.05, 0) is 18.6 Å². The summed E-state index contributed by atoms with van der Waals surface area (Å²) in [5.74, 6) is 0.246. The molecule has 0 saturated carbocycles. The number of fused-ring (bicyclic) bond motifs is 1. The summed E-state index contributed by atoms with van der Waals surface area (Å²) < 4.78 is 0. The molecule has 1 saturated heterocycles. The summed E-state index contributed by atoms with van der Waals surface area (Å²) in [5.41, 5.74) is 3.53. The number of nitrogens with zero attached hydrogens (tertiary/aromatic N) is 2. The molecule has 3 rings (SSSR count). The van der Waals surface area contributed by atoms with Gasteiger partial charge < -0.3 is 10.2 Å². The van der Waals surface area contributed by atoms with Gasteiger partial charge in [0, 0.05) is 45.0 Å². The molecule has 0 radical (unpaired) electrons. The van der Waals surface area contributed by atoms with E-state index in [1.165, 1.54) is 11.1 Å². The van der Waals surface area contributed by atoms with E-state index in [9.17, 15) is 4.79 Å². The topological polar surface area (TPSA) is 35.6 Å². The number of hydrogen-bond acceptors (Lipinski definition) is 3. The molecular formula is C15H21N3O. The van der Waals surface area contributed by atoms with Crippen LogP contribution in [0.5, 0.6) is 0 Å². The van der Waals surface area contributed by atoms with Crippen molar-refractivity contribution in [3.8, 4) is 0 Å². The van der Waals surface area contributed by atoms with Gasteiger partial charge in [0.05, 0.1) is 6.42 Å². The Morgan fingerprint density at radius 3 is 2.79 bits per heavy atom. The standard InChI is InChI=1S/C15H21N3O/c1-12-2-3-14-13(10-12)11-15(19)18(14)9-8-17-6-4-16-5-7-17/h2-3,10,16H,4-9,11H2,1H3. The maximum atomic E-state index is 12.1. The number of carbonyl (C=O) groups is 1. The molecule has 1 amide bonds. The zero-order valence-electron chi connectivity index (χ0n) is 11.5. The lowest BCUT2D eigenvalue weighted by Gasteiger charge is -2.29. The molecule has 1 aromatic rings. The Labute approximate surface area is 114 Å². The zero-order chi connectivity index (χ0) is 13.2. The average Bonchev–Trinajstić information content (AvgIpc) is 2.72. The van der Waals surface area contributed by atoms with Crippen LogP contribution in [0.2, 0.25) is 0 Å². The Balaban J connectivity index is 1.66. The monoisotopic (exact) mass is 259 g/mol. The van der Waals surface area contributed by atoms with Crippen LogP contribution in [0.15, 0.2) is 18.2 Å². The van der Waals surface area contributed by atoms with Crippen LogP contribution in [0.1, 0.15) is 11.1 Å². The van der Waals surface area contributed by atoms with E-state index in [0.717, 1.165) is 45.0 Å². The number of nitrogens with one attached hydrogen (secondary N) is 1. The van der Waals surface area contributed by atoms with Crippen LogP contribution in [0.25, 0.3) is 0 Å². The highest BCUT2D eigenvalue weighted by molar-refractivity contribution is 6.01. The van der Waals surface area contributed by atoms with Gasteiger partial charge in [0.2, 0.25) is 5.91 Å². The highest BCUT2D eigenvalue weighted by Gasteiger charge is 2.27. The van der Waals surface area contributed by atoms with Crippen molar-refractivity contribution in [3.63, 3.8) is 0 Å². The van der Waals surface area contributed by atoms with Crippen LogP contribution in [-0.4, -0.2) is 50.1 Å². The molecular weight excluding hydrogens is 238 g/mol. The van der Waals surface area contributed by atoms with Gasteiger partial charge in [-0.25, -0.2) is 0 Å². The van der Waals surface area contributed by atoms with Gasteiger partial charge >= 0.3 is 0 Å². The van der Waals surface area contributed by atoms with Crippen LogP contribution >= 0.6 is 0 Å². The van der Waals surface area contributed by atoms with E-state index in [1.54, 1.807) is 0 Å². The van der Waals surface area contributed by atoms with Crippen molar-refractivity contribution in [2.75, 3.05) is 44.2 Å². The second-order valence-electron chi connectivity index (χ2n) is 5.45. The summed E-state index contributed by atoms with van der Waals surface area (Å²) in [6, 6.07) is 6.32. The summed E-state index contributed by atoms with van der Waals surface area (Å²) >= 11 is 0. The molecule has 19 heavy (non-hydrogen) atoms. The number of benzene rings is 1. The predicted octanol–water partition coefficient (Wildman–Crippen LogP) is 0.789. The van der Waals surface area contributed by atoms with E-state index >= 15 is 0 Å². The minimum atomic E-state index is 0.246. The van der Waals surface area contributed by atoms with E-state index in [4.69, 9.17) is 0 Å². The third kappa shape index (κ3) is 2.65. The highest BCUT2D eigenvalue weighted by atomic mass is 16.2. The fourth-order valence-corrected chi connectivity index (χ4v) is 2.93. The average molecular weight is 259 g/mol. The molecule has 2 heterocycles. The molecule has 0 atom stereocenters. The lowest BCUT2D eigenvalue weighted by molar-refractivity contribution is -0.117. The SMILES string of the molecule is Cc1ccc2c(c1)CC(=O)N2CCN1CCNCC1. The lowest BCUT2D eigenvalue weighted by atomic mass is 10.1. The minimum Gasteiger partial charge on any atom is -0.314 e. The summed E-state index contributed by atoms with van der Waals surface area (Å²) in [6.45, 7) is 8.16. The van der Waals surface area contributed by atoms with Crippen molar-refractivity contribution >= 4 is 11.6 Å². The van der Waals surface area contributed by atoms with Gasteiger partial charge in [0.15, 0.2) is 0 Å². The van der Waals surface area contributed by atoms with E-state index < -0.39 is 0 Å². The summed E-state index contributed by atoms with van der Waals surface area (Å²) in [4.78, 5) is 16.5. The third-order valence-corrected chi connectivity index (χ3v) is 4.02. The molecule has 0 spiro atoms. The Hall–Kier alpha value is -1.39. The van der Waals surface area contributed by atoms with E-state index in [0.29, 0.717) is 6.42 Å². The van der Waals surface area contributed by atoms with Crippen molar-refractivity contribution in [2.24, 2.45) is 0 Å². The molecule has 1 aromatic carbocycles. The molecule has 4 heteroatoms. The Morgan fingerprint density at radius 1 is 1.21 bits per heavy atom. The first-order chi connectivity index (χ1) is 9.24. The van der Waals surface area contributed by atoms with Crippen molar-refractivity contribution in [1.29, 1.82) is 0 Å². The quantitative estimate of drug-likeness (QED) is 0.872. The number of carbonyl (C=O) groups excluding carboxylic acids is 1. The molecule has 0 unspecified atom stereocenters.